The summed E-state index contributed by atoms with van der Waals surface area (Å²) in [7, 11) is 0. The van der Waals surface area contributed by atoms with Gasteiger partial charge in [-0.25, -0.2) is 9.18 Å². The topological polar surface area (TPSA) is 98.1 Å². The van der Waals surface area contributed by atoms with E-state index in [9.17, 15) is 9.18 Å². The number of carboxylic acid groups (broad SMARTS) is 1. The first-order chi connectivity index (χ1) is 8.02. The average Bonchev–Trinajstić information content (AvgIpc) is 2.22. The highest BCUT2D eigenvalue weighted by atomic mass is 127. The molecule has 90 valence electrons. The first-order valence-electron chi connectivity index (χ1n) is 4.49. The van der Waals surface area contributed by atoms with Crippen molar-refractivity contribution < 1.29 is 14.3 Å². The summed E-state index contributed by atoms with van der Waals surface area (Å²) in [6, 6.07) is 3.38. The summed E-state index contributed by atoms with van der Waals surface area (Å²) in [5.74, 6) is -0.468. The Balaban J connectivity index is 3.01. The number of halogens is 2. The predicted molar refractivity (Wildman–Crippen MR) is 67.0 cm³/mol. The molecule has 1 rings (SSSR count). The van der Waals surface area contributed by atoms with E-state index in [0.29, 0.717) is 9.13 Å². The molecule has 17 heavy (non-hydrogen) atoms. The summed E-state index contributed by atoms with van der Waals surface area (Å²) in [6.07, 6.45) is -1.26. The van der Waals surface area contributed by atoms with Crippen molar-refractivity contribution >= 4 is 28.7 Å². The fraction of sp³-hybridized carbons (Fsp3) is 0.222. The van der Waals surface area contributed by atoms with E-state index in [2.05, 4.69) is 15.3 Å². The smallest absolute Gasteiger partial charge is 0.405 e. The molecule has 8 heteroatoms. The molecule has 0 saturated carbocycles. The van der Waals surface area contributed by atoms with Crippen LogP contribution in [-0.2, 0) is 0 Å². The van der Waals surface area contributed by atoms with Crippen molar-refractivity contribution in [3.63, 3.8) is 0 Å². The van der Waals surface area contributed by atoms with Gasteiger partial charge in [-0.1, -0.05) is 5.11 Å². The van der Waals surface area contributed by atoms with Gasteiger partial charge in [-0.3, -0.25) is 0 Å². The van der Waals surface area contributed by atoms with E-state index in [1.807, 2.05) is 22.6 Å². The number of nitrogens with one attached hydrogen (secondary N) is 1. The van der Waals surface area contributed by atoms with Crippen LogP contribution in [0.4, 0.5) is 9.18 Å². The van der Waals surface area contributed by atoms with Gasteiger partial charge >= 0.3 is 6.09 Å². The van der Waals surface area contributed by atoms with Crippen LogP contribution in [0, 0.1) is 9.39 Å². The number of hydrogen-bond donors (Lipinski definition) is 2. The third-order valence-electron chi connectivity index (χ3n) is 1.91. The molecule has 0 radical (unpaired) electrons. The van der Waals surface area contributed by atoms with Gasteiger partial charge < -0.3 is 10.4 Å². The molecule has 0 aliphatic carbocycles. The van der Waals surface area contributed by atoms with E-state index in [-0.39, 0.29) is 6.54 Å². The van der Waals surface area contributed by atoms with E-state index in [1.54, 1.807) is 6.07 Å². The quantitative estimate of drug-likeness (QED) is 0.378. The van der Waals surface area contributed by atoms with Crippen molar-refractivity contribution in [1.29, 1.82) is 0 Å². The molecular formula is C9H8FIN4O2. The van der Waals surface area contributed by atoms with E-state index in [0.717, 1.165) is 0 Å². The highest BCUT2D eigenvalue weighted by Crippen LogP contribution is 2.18. The first kappa shape index (κ1) is 13.5. The van der Waals surface area contributed by atoms with Crippen molar-refractivity contribution in [2.24, 2.45) is 5.11 Å². The number of azide groups is 1. The maximum Gasteiger partial charge on any atom is 0.405 e. The number of nitrogens with zero attached hydrogens (tertiary/aromatic N) is 3. The number of hydrogen-bond acceptors (Lipinski definition) is 2. The SMILES string of the molecule is [N-]=[N+]=NCC(NC(=O)O)c1cc(F)cc(I)c1. The van der Waals surface area contributed by atoms with E-state index in [4.69, 9.17) is 10.6 Å². The highest BCUT2D eigenvalue weighted by Gasteiger charge is 2.14. The lowest BCUT2D eigenvalue weighted by Gasteiger charge is -2.15. The predicted octanol–water partition coefficient (Wildman–Crippen LogP) is 3.05. The van der Waals surface area contributed by atoms with Crippen LogP contribution in [-0.4, -0.2) is 17.7 Å². The Labute approximate surface area is 110 Å². The van der Waals surface area contributed by atoms with Crippen LogP contribution in [0.1, 0.15) is 11.6 Å². The minimum atomic E-state index is -1.26. The zero-order chi connectivity index (χ0) is 12.8. The second kappa shape index (κ2) is 6.26. The number of rotatable bonds is 4. The van der Waals surface area contributed by atoms with Gasteiger partial charge in [0.2, 0.25) is 0 Å². The van der Waals surface area contributed by atoms with Crippen molar-refractivity contribution in [2.45, 2.75) is 6.04 Å². The van der Waals surface area contributed by atoms with Gasteiger partial charge in [0.15, 0.2) is 0 Å². The normalized spacial score (nSPS) is 11.4. The van der Waals surface area contributed by atoms with Crippen LogP contribution in [0.5, 0.6) is 0 Å². The van der Waals surface area contributed by atoms with E-state index < -0.39 is 18.0 Å². The molecule has 0 spiro atoms. The molecule has 0 bridgehead atoms. The highest BCUT2D eigenvalue weighted by molar-refractivity contribution is 14.1. The average molecular weight is 350 g/mol. The van der Waals surface area contributed by atoms with Crippen molar-refractivity contribution in [3.05, 3.63) is 43.6 Å². The van der Waals surface area contributed by atoms with Crippen LogP contribution in [0.15, 0.2) is 23.3 Å². The van der Waals surface area contributed by atoms with Crippen LogP contribution in [0.2, 0.25) is 0 Å². The maximum absolute atomic E-state index is 13.2. The minimum Gasteiger partial charge on any atom is -0.465 e. The largest absolute Gasteiger partial charge is 0.465 e. The Hall–Kier alpha value is -1.54. The van der Waals surface area contributed by atoms with Gasteiger partial charge in [0.25, 0.3) is 0 Å². The fourth-order valence-corrected chi connectivity index (χ4v) is 1.94. The molecule has 1 atom stereocenters. The second-order valence-electron chi connectivity index (χ2n) is 3.12. The summed E-state index contributed by atoms with van der Waals surface area (Å²) >= 11 is 1.92. The number of carbonyl (C=O) groups is 1. The lowest BCUT2D eigenvalue weighted by Crippen LogP contribution is -2.28. The summed E-state index contributed by atoms with van der Waals surface area (Å²) in [6.45, 7) is -0.109. The molecule has 6 nitrogen and oxygen atoms in total. The molecule has 0 saturated heterocycles. The molecular weight excluding hydrogens is 342 g/mol. The Morgan fingerprint density at radius 3 is 2.88 bits per heavy atom. The summed E-state index contributed by atoms with van der Waals surface area (Å²) in [5.41, 5.74) is 8.63. The van der Waals surface area contributed by atoms with Crippen LogP contribution in [0.3, 0.4) is 0 Å². The van der Waals surface area contributed by atoms with Gasteiger partial charge in [-0.15, -0.1) is 0 Å². The first-order valence-corrected chi connectivity index (χ1v) is 5.57. The second-order valence-corrected chi connectivity index (χ2v) is 4.36. The van der Waals surface area contributed by atoms with Crippen LogP contribution >= 0.6 is 22.6 Å². The minimum absolute atomic E-state index is 0.109. The molecule has 1 unspecified atom stereocenters. The maximum atomic E-state index is 13.2. The van der Waals surface area contributed by atoms with Gasteiger partial charge in [-0.05, 0) is 51.9 Å². The molecule has 1 amide bonds. The Morgan fingerprint density at radius 1 is 1.65 bits per heavy atom. The van der Waals surface area contributed by atoms with Crippen LogP contribution in [0.25, 0.3) is 10.4 Å². The standard InChI is InChI=1S/C9H8FIN4O2/c10-6-1-5(2-7(11)3-6)8(4-13-15-12)14-9(16)17/h1-3,8,14H,4H2,(H,16,17). The third kappa shape index (κ3) is 4.45. The van der Waals surface area contributed by atoms with Crippen molar-refractivity contribution in [1.82, 2.24) is 5.32 Å². The lowest BCUT2D eigenvalue weighted by molar-refractivity contribution is 0.190. The summed E-state index contributed by atoms with van der Waals surface area (Å²) in [5, 5.41) is 14.1. The van der Waals surface area contributed by atoms with E-state index in [1.165, 1.54) is 12.1 Å². The van der Waals surface area contributed by atoms with Gasteiger partial charge in [-0.2, -0.15) is 0 Å². The monoisotopic (exact) mass is 350 g/mol. The summed E-state index contributed by atoms with van der Waals surface area (Å²) < 4.78 is 13.8. The molecule has 1 aromatic carbocycles. The lowest BCUT2D eigenvalue weighted by atomic mass is 10.1. The third-order valence-corrected chi connectivity index (χ3v) is 2.54. The number of amides is 1. The molecule has 2 N–H and O–H groups in total. The van der Waals surface area contributed by atoms with Gasteiger partial charge in [0, 0.05) is 8.48 Å². The van der Waals surface area contributed by atoms with Gasteiger partial charge in [0.05, 0.1) is 12.6 Å². The molecule has 0 aromatic heterocycles. The Morgan fingerprint density at radius 2 is 2.35 bits per heavy atom. The number of benzene rings is 1. The molecule has 0 aliphatic rings. The van der Waals surface area contributed by atoms with Crippen molar-refractivity contribution in [2.75, 3.05) is 6.54 Å². The van der Waals surface area contributed by atoms with Gasteiger partial charge in [0.1, 0.15) is 5.82 Å². The van der Waals surface area contributed by atoms with Crippen molar-refractivity contribution in [3.8, 4) is 0 Å². The molecule has 0 aliphatic heterocycles. The zero-order valence-electron chi connectivity index (χ0n) is 8.47. The molecule has 0 heterocycles. The Bertz CT molecular complexity index is 452. The molecule has 0 fully saturated rings. The fourth-order valence-electron chi connectivity index (χ4n) is 1.28. The summed E-state index contributed by atoms with van der Waals surface area (Å²) in [4.78, 5) is 13.1. The Kier molecular flexibility index (Phi) is 4.98. The molecule has 1 aromatic rings. The van der Waals surface area contributed by atoms with E-state index >= 15 is 0 Å². The van der Waals surface area contributed by atoms with Crippen LogP contribution < -0.4 is 5.32 Å². The zero-order valence-corrected chi connectivity index (χ0v) is 10.6.